The zero-order chi connectivity index (χ0) is 9.72. The van der Waals surface area contributed by atoms with E-state index in [4.69, 9.17) is 5.73 Å². The molecule has 0 aliphatic rings. The molecular formula is C9H18N2O. The van der Waals surface area contributed by atoms with Gasteiger partial charge in [0.25, 0.3) is 0 Å². The number of hydrogen-bond donors (Lipinski definition) is 1. The topological polar surface area (TPSA) is 46.3 Å². The first-order chi connectivity index (χ1) is 5.49. The Morgan fingerprint density at radius 1 is 1.67 bits per heavy atom. The van der Waals surface area contributed by atoms with Crippen LogP contribution in [0.15, 0.2) is 12.2 Å². The second-order valence-electron chi connectivity index (χ2n) is 3.29. The van der Waals surface area contributed by atoms with E-state index >= 15 is 0 Å². The summed E-state index contributed by atoms with van der Waals surface area (Å²) in [6.07, 6.45) is 0. The number of amides is 1. The van der Waals surface area contributed by atoms with Gasteiger partial charge in [-0.1, -0.05) is 19.1 Å². The minimum absolute atomic E-state index is 0.0838. The highest BCUT2D eigenvalue weighted by atomic mass is 16.2. The standard InChI is InChI=1S/C9H18N2O/c1-7(2)6-11(4)9(12)8(3)5-10/h8H,1,5-6,10H2,2-4H3. The number of rotatable bonds is 4. The lowest BCUT2D eigenvalue weighted by atomic mass is 10.1. The zero-order valence-electron chi connectivity index (χ0n) is 8.13. The van der Waals surface area contributed by atoms with Crippen molar-refractivity contribution in [3.8, 4) is 0 Å². The summed E-state index contributed by atoms with van der Waals surface area (Å²) in [7, 11) is 1.77. The van der Waals surface area contributed by atoms with Gasteiger partial charge in [0, 0.05) is 26.1 Å². The van der Waals surface area contributed by atoms with Gasteiger partial charge in [0.15, 0.2) is 0 Å². The summed E-state index contributed by atoms with van der Waals surface area (Å²) in [5.74, 6) is -0.00477. The third kappa shape index (κ3) is 3.53. The van der Waals surface area contributed by atoms with Gasteiger partial charge in [-0.25, -0.2) is 0 Å². The molecule has 0 aromatic carbocycles. The van der Waals surface area contributed by atoms with Crippen molar-refractivity contribution in [1.82, 2.24) is 4.90 Å². The summed E-state index contributed by atoms with van der Waals surface area (Å²) in [5, 5.41) is 0. The maximum Gasteiger partial charge on any atom is 0.226 e. The molecule has 0 saturated heterocycles. The first kappa shape index (κ1) is 11.2. The van der Waals surface area contributed by atoms with E-state index in [9.17, 15) is 4.79 Å². The Balaban J connectivity index is 4.01. The fourth-order valence-corrected chi connectivity index (χ4v) is 0.960. The Kier molecular flexibility index (Phi) is 4.59. The second kappa shape index (κ2) is 4.93. The molecule has 0 heterocycles. The maximum absolute atomic E-state index is 11.4. The van der Waals surface area contributed by atoms with Crippen molar-refractivity contribution in [2.24, 2.45) is 11.7 Å². The van der Waals surface area contributed by atoms with E-state index in [2.05, 4.69) is 6.58 Å². The summed E-state index contributed by atoms with van der Waals surface area (Å²) < 4.78 is 0. The van der Waals surface area contributed by atoms with Gasteiger partial charge in [-0.3, -0.25) is 4.79 Å². The lowest BCUT2D eigenvalue weighted by molar-refractivity contribution is -0.132. The maximum atomic E-state index is 11.4. The molecule has 1 unspecified atom stereocenters. The van der Waals surface area contributed by atoms with Crippen molar-refractivity contribution in [2.75, 3.05) is 20.1 Å². The molecule has 0 saturated carbocycles. The molecule has 3 nitrogen and oxygen atoms in total. The van der Waals surface area contributed by atoms with E-state index in [-0.39, 0.29) is 11.8 Å². The van der Waals surface area contributed by atoms with E-state index in [0.717, 1.165) is 5.57 Å². The lowest BCUT2D eigenvalue weighted by Crippen LogP contribution is -2.35. The molecule has 3 heteroatoms. The molecule has 0 bridgehead atoms. The molecule has 0 aromatic heterocycles. The Morgan fingerprint density at radius 3 is 2.50 bits per heavy atom. The van der Waals surface area contributed by atoms with Crippen LogP contribution in [0.3, 0.4) is 0 Å². The number of likely N-dealkylation sites (N-methyl/N-ethyl adjacent to an activating group) is 1. The van der Waals surface area contributed by atoms with Crippen LogP contribution in [0.5, 0.6) is 0 Å². The molecule has 2 N–H and O–H groups in total. The molecule has 1 atom stereocenters. The van der Waals surface area contributed by atoms with E-state index in [1.807, 2.05) is 13.8 Å². The van der Waals surface area contributed by atoms with Crippen molar-refractivity contribution < 1.29 is 4.79 Å². The normalized spacial score (nSPS) is 12.3. The van der Waals surface area contributed by atoms with Crippen molar-refractivity contribution in [3.05, 3.63) is 12.2 Å². The average Bonchev–Trinajstić information content (AvgIpc) is 2.00. The zero-order valence-corrected chi connectivity index (χ0v) is 8.13. The monoisotopic (exact) mass is 170 g/mol. The van der Waals surface area contributed by atoms with E-state index in [1.54, 1.807) is 11.9 Å². The van der Waals surface area contributed by atoms with Crippen molar-refractivity contribution in [3.63, 3.8) is 0 Å². The van der Waals surface area contributed by atoms with Crippen LogP contribution >= 0.6 is 0 Å². The summed E-state index contributed by atoms with van der Waals surface area (Å²) in [4.78, 5) is 13.1. The molecule has 70 valence electrons. The Hall–Kier alpha value is -0.830. The molecule has 0 aliphatic carbocycles. The van der Waals surface area contributed by atoms with Gasteiger partial charge in [-0.2, -0.15) is 0 Å². The highest BCUT2D eigenvalue weighted by Crippen LogP contribution is 2.00. The summed E-state index contributed by atoms with van der Waals surface area (Å²) in [6.45, 7) is 8.48. The highest BCUT2D eigenvalue weighted by Gasteiger charge is 2.14. The molecule has 12 heavy (non-hydrogen) atoms. The SMILES string of the molecule is C=C(C)CN(C)C(=O)C(C)CN. The number of carbonyl (C=O) groups is 1. The van der Waals surface area contributed by atoms with Crippen LogP contribution in [-0.2, 0) is 4.79 Å². The van der Waals surface area contributed by atoms with Gasteiger partial charge in [0.2, 0.25) is 5.91 Å². The van der Waals surface area contributed by atoms with Crippen molar-refractivity contribution >= 4 is 5.91 Å². The Bertz CT molecular complexity index is 177. The molecule has 0 radical (unpaired) electrons. The minimum Gasteiger partial charge on any atom is -0.342 e. The molecule has 0 spiro atoms. The number of nitrogens with zero attached hydrogens (tertiary/aromatic N) is 1. The molecule has 0 fully saturated rings. The third-order valence-electron chi connectivity index (χ3n) is 1.66. The summed E-state index contributed by atoms with van der Waals surface area (Å²) in [6, 6.07) is 0. The molecule has 0 aromatic rings. The van der Waals surface area contributed by atoms with Gasteiger partial charge in [0.05, 0.1) is 0 Å². The van der Waals surface area contributed by atoms with Gasteiger partial charge < -0.3 is 10.6 Å². The first-order valence-electron chi connectivity index (χ1n) is 4.08. The van der Waals surface area contributed by atoms with Crippen LogP contribution in [0.2, 0.25) is 0 Å². The van der Waals surface area contributed by atoms with E-state index < -0.39 is 0 Å². The lowest BCUT2D eigenvalue weighted by Gasteiger charge is -2.20. The molecule has 0 rings (SSSR count). The van der Waals surface area contributed by atoms with Crippen LogP contribution in [0.25, 0.3) is 0 Å². The van der Waals surface area contributed by atoms with Crippen LogP contribution < -0.4 is 5.73 Å². The van der Waals surface area contributed by atoms with Crippen molar-refractivity contribution in [2.45, 2.75) is 13.8 Å². The van der Waals surface area contributed by atoms with Gasteiger partial charge in [-0.05, 0) is 6.92 Å². The van der Waals surface area contributed by atoms with E-state index in [1.165, 1.54) is 0 Å². The minimum atomic E-state index is -0.0886. The first-order valence-corrected chi connectivity index (χ1v) is 4.08. The van der Waals surface area contributed by atoms with Crippen LogP contribution in [0.4, 0.5) is 0 Å². The summed E-state index contributed by atoms with van der Waals surface area (Å²) in [5.41, 5.74) is 6.35. The predicted molar refractivity (Wildman–Crippen MR) is 50.7 cm³/mol. The summed E-state index contributed by atoms with van der Waals surface area (Å²) >= 11 is 0. The fraction of sp³-hybridized carbons (Fsp3) is 0.667. The van der Waals surface area contributed by atoms with Crippen LogP contribution in [0.1, 0.15) is 13.8 Å². The van der Waals surface area contributed by atoms with Crippen LogP contribution in [-0.4, -0.2) is 30.9 Å². The fourth-order valence-electron chi connectivity index (χ4n) is 0.960. The average molecular weight is 170 g/mol. The highest BCUT2D eigenvalue weighted by molar-refractivity contribution is 5.78. The number of carbonyl (C=O) groups excluding carboxylic acids is 1. The molecule has 1 amide bonds. The quantitative estimate of drug-likeness (QED) is 0.628. The van der Waals surface area contributed by atoms with Crippen molar-refractivity contribution in [1.29, 1.82) is 0 Å². The smallest absolute Gasteiger partial charge is 0.226 e. The Labute approximate surface area is 74.2 Å². The third-order valence-corrected chi connectivity index (χ3v) is 1.66. The number of hydrogen-bond acceptors (Lipinski definition) is 2. The number of nitrogens with two attached hydrogens (primary N) is 1. The van der Waals surface area contributed by atoms with E-state index in [0.29, 0.717) is 13.1 Å². The predicted octanol–water partition coefficient (Wildman–Crippen LogP) is 0.616. The van der Waals surface area contributed by atoms with Gasteiger partial charge >= 0.3 is 0 Å². The van der Waals surface area contributed by atoms with Crippen LogP contribution in [0, 0.1) is 5.92 Å². The largest absolute Gasteiger partial charge is 0.342 e. The second-order valence-corrected chi connectivity index (χ2v) is 3.29. The molecular weight excluding hydrogens is 152 g/mol. The Morgan fingerprint density at radius 2 is 2.17 bits per heavy atom. The van der Waals surface area contributed by atoms with Gasteiger partial charge in [0.1, 0.15) is 0 Å². The van der Waals surface area contributed by atoms with Gasteiger partial charge in [-0.15, -0.1) is 0 Å². The molecule has 0 aliphatic heterocycles.